The molecule has 3 rings (SSSR count). The van der Waals surface area contributed by atoms with Gasteiger partial charge in [-0.15, -0.1) is 4.68 Å². The topological polar surface area (TPSA) is 146 Å². The fourth-order valence-corrected chi connectivity index (χ4v) is 2.68. The Morgan fingerprint density at radius 1 is 1.23 bits per heavy atom. The molecular formula is C19H16N4O7. The molecule has 0 aliphatic heterocycles. The number of esters is 1. The van der Waals surface area contributed by atoms with Crippen molar-refractivity contribution in [3.63, 3.8) is 0 Å². The van der Waals surface area contributed by atoms with Crippen LogP contribution in [0.5, 0.6) is 5.75 Å². The molecule has 0 aliphatic rings. The first-order chi connectivity index (χ1) is 14.3. The number of H-pyrrole nitrogens is 1. The molecule has 0 unspecified atom stereocenters. The van der Waals surface area contributed by atoms with Crippen LogP contribution in [0.4, 0.5) is 5.69 Å². The summed E-state index contributed by atoms with van der Waals surface area (Å²) in [7, 11) is 1.16. The molecule has 0 bridgehead atoms. The number of carbonyl (C=O) groups excluding carboxylic acids is 1. The maximum Gasteiger partial charge on any atom is 0.349 e. The number of benzene rings is 2. The summed E-state index contributed by atoms with van der Waals surface area (Å²) in [4.78, 5) is 49.7. The van der Waals surface area contributed by atoms with E-state index in [1.807, 2.05) is 0 Å². The van der Waals surface area contributed by atoms with E-state index in [4.69, 9.17) is 4.74 Å². The number of nitrogens with zero attached hydrogens (tertiary/aromatic N) is 3. The van der Waals surface area contributed by atoms with Crippen LogP contribution in [0.25, 0.3) is 10.9 Å². The van der Waals surface area contributed by atoms with Gasteiger partial charge in [0.2, 0.25) is 5.75 Å². The van der Waals surface area contributed by atoms with Gasteiger partial charge in [-0.25, -0.2) is 9.59 Å². The van der Waals surface area contributed by atoms with Crippen LogP contribution < -0.4 is 16.0 Å². The average molecular weight is 412 g/mol. The third-order valence-electron chi connectivity index (χ3n) is 4.15. The predicted molar refractivity (Wildman–Crippen MR) is 107 cm³/mol. The molecule has 1 N–H and O–H groups in total. The minimum atomic E-state index is -1.14. The van der Waals surface area contributed by atoms with E-state index in [1.165, 1.54) is 31.2 Å². The molecule has 30 heavy (non-hydrogen) atoms. The molecule has 154 valence electrons. The van der Waals surface area contributed by atoms with Gasteiger partial charge in [0.1, 0.15) is 0 Å². The molecule has 0 amide bonds. The summed E-state index contributed by atoms with van der Waals surface area (Å²) >= 11 is 0. The van der Waals surface area contributed by atoms with Crippen LogP contribution in [0.3, 0.4) is 0 Å². The molecular weight excluding hydrogens is 396 g/mol. The Bertz CT molecular complexity index is 1280. The predicted octanol–water partition coefficient (Wildman–Crippen LogP) is 1.42. The highest BCUT2D eigenvalue weighted by molar-refractivity contribution is 5.86. The molecule has 2 aromatic carbocycles. The number of methoxy groups -OCH3 is 1. The smallest absolute Gasteiger partial charge is 0.349 e. The van der Waals surface area contributed by atoms with Gasteiger partial charge < -0.3 is 14.5 Å². The first-order valence-electron chi connectivity index (χ1n) is 8.63. The van der Waals surface area contributed by atoms with Crippen LogP contribution in [0.1, 0.15) is 12.5 Å². The van der Waals surface area contributed by atoms with Crippen LogP contribution in [-0.4, -0.2) is 40.0 Å². The average Bonchev–Trinajstić information content (AvgIpc) is 2.73. The molecule has 3 aromatic rings. The second kappa shape index (κ2) is 8.39. The van der Waals surface area contributed by atoms with Crippen molar-refractivity contribution in [2.45, 2.75) is 13.0 Å². The van der Waals surface area contributed by atoms with E-state index in [0.29, 0.717) is 10.2 Å². The fraction of sp³-hybridized carbons (Fsp3) is 0.158. The van der Waals surface area contributed by atoms with Gasteiger partial charge in [-0.05, 0) is 25.1 Å². The number of aromatic amines is 1. The van der Waals surface area contributed by atoms with Crippen molar-refractivity contribution in [3.05, 3.63) is 79.0 Å². The van der Waals surface area contributed by atoms with E-state index in [0.717, 1.165) is 13.3 Å². The quantitative estimate of drug-likeness (QED) is 0.279. The third kappa shape index (κ3) is 3.94. The van der Waals surface area contributed by atoms with Gasteiger partial charge in [0.25, 0.3) is 5.56 Å². The van der Waals surface area contributed by atoms with Crippen LogP contribution >= 0.6 is 0 Å². The second-order valence-electron chi connectivity index (χ2n) is 6.07. The first-order valence-corrected chi connectivity index (χ1v) is 8.63. The highest BCUT2D eigenvalue weighted by Gasteiger charge is 2.24. The zero-order valence-corrected chi connectivity index (χ0v) is 15.9. The van der Waals surface area contributed by atoms with Crippen molar-refractivity contribution < 1.29 is 19.2 Å². The molecule has 1 atom stereocenters. The van der Waals surface area contributed by atoms with E-state index in [1.54, 1.807) is 18.2 Å². The molecule has 0 aliphatic carbocycles. The van der Waals surface area contributed by atoms with Crippen molar-refractivity contribution in [2.75, 3.05) is 7.11 Å². The minimum absolute atomic E-state index is 0.0828. The highest BCUT2D eigenvalue weighted by Crippen LogP contribution is 2.31. The Balaban J connectivity index is 2.10. The van der Waals surface area contributed by atoms with Gasteiger partial charge in [0.05, 0.1) is 29.2 Å². The van der Waals surface area contributed by atoms with Gasteiger partial charge in [0.15, 0.2) is 6.10 Å². The van der Waals surface area contributed by atoms with Crippen LogP contribution in [0.2, 0.25) is 0 Å². The summed E-state index contributed by atoms with van der Waals surface area (Å²) in [5.74, 6) is -0.993. The van der Waals surface area contributed by atoms with Gasteiger partial charge in [0, 0.05) is 11.6 Å². The Morgan fingerprint density at radius 3 is 2.67 bits per heavy atom. The van der Waals surface area contributed by atoms with Crippen LogP contribution in [0.15, 0.2) is 57.2 Å². The Labute approximate surface area is 168 Å². The molecule has 0 radical (unpaired) electrons. The lowest BCUT2D eigenvalue weighted by molar-refractivity contribution is -0.386. The summed E-state index contributed by atoms with van der Waals surface area (Å²) in [6.07, 6.45) is -0.0763. The van der Waals surface area contributed by atoms with E-state index >= 15 is 0 Å². The van der Waals surface area contributed by atoms with Crippen molar-refractivity contribution in [1.29, 1.82) is 0 Å². The summed E-state index contributed by atoms with van der Waals surface area (Å²) in [6.45, 7) is 1.36. The SMILES string of the molecule is COC(=O)[C@@H](C)Oc1c(C=Nn2c(=O)[nH]c3ccccc3c2=O)cccc1[N+](=O)[O-]. The Kier molecular flexibility index (Phi) is 5.72. The number of carbonyl (C=O) groups is 1. The van der Waals surface area contributed by atoms with Crippen molar-refractivity contribution in [3.8, 4) is 5.75 Å². The molecule has 11 nitrogen and oxygen atoms in total. The van der Waals surface area contributed by atoms with Crippen molar-refractivity contribution in [2.24, 2.45) is 5.10 Å². The van der Waals surface area contributed by atoms with Crippen LogP contribution in [-0.2, 0) is 9.53 Å². The molecule has 11 heteroatoms. The lowest BCUT2D eigenvalue weighted by Crippen LogP contribution is -2.32. The molecule has 0 saturated carbocycles. The van der Waals surface area contributed by atoms with Crippen LogP contribution in [0, 0.1) is 10.1 Å². The standard InChI is InChI=1S/C19H16N4O7/c1-11(18(25)29-2)30-16-12(6-5-9-15(16)23(27)28)10-20-22-17(24)13-7-3-4-8-14(13)21-19(22)26/h3-11H,1-2H3,(H,21,26)/t11-/m1/s1. The zero-order chi connectivity index (χ0) is 21.8. The molecule has 1 aromatic heterocycles. The summed E-state index contributed by atoms with van der Waals surface area (Å²) in [6, 6.07) is 10.4. The molecule has 0 saturated heterocycles. The number of hydrogen-bond donors (Lipinski definition) is 1. The van der Waals surface area contributed by atoms with E-state index in [9.17, 15) is 24.5 Å². The van der Waals surface area contributed by atoms with Crippen molar-refractivity contribution in [1.82, 2.24) is 9.66 Å². The minimum Gasteiger partial charge on any atom is -0.471 e. The van der Waals surface area contributed by atoms with Crippen molar-refractivity contribution >= 4 is 28.8 Å². The lowest BCUT2D eigenvalue weighted by atomic mass is 10.2. The molecule has 1 heterocycles. The number of nitro benzene ring substituents is 1. The Morgan fingerprint density at radius 2 is 1.97 bits per heavy atom. The number of para-hydroxylation sites is 2. The first kappa shape index (κ1) is 20.5. The zero-order valence-electron chi connectivity index (χ0n) is 15.9. The van der Waals surface area contributed by atoms with Gasteiger partial charge in [-0.3, -0.25) is 14.9 Å². The second-order valence-corrected chi connectivity index (χ2v) is 6.07. The monoisotopic (exact) mass is 412 g/mol. The Hall–Kier alpha value is -4.28. The highest BCUT2D eigenvalue weighted by atomic mass is 16.6. The normalized spacial score (nSPS) is 12.1. The summed E-state index contributed by atoms with van der Waals surface area (Å²) in [5, 5.41) is 15.5. The molecule has 0 spiro atoms. The maximum absolute atomic E-state index is 12.6. The largest absolute Gasteiger partial charge is 0.471 e. The fourth-order valence-electron chi connectivity index (χ4n) is 2.68. The number of aromatic nitrogens is 2. The summed E-state index contributed by atoms with van der Waals surface area (Å²) in [5.41, 5.74) is -1.44. The number of nitro groups is 1. The van der Waals surface area contributed by atoms with E-state index < -0.39 is 33.9 Å². The summed E-state index contributed by atoms with van der Waals surface area (Å²) < 4.78 is 10.6. The number of hydrogen-bond acceptors (Lipinski definition) is 8. The van der Waals surface area contributed by atoms with Gasteiger partial charge >= 0.3 is 17.3 Å². The molecule has 0 fully saturated rings. The van der Waals surface area contributed by atoms with E-state index in [2.05, 4.69) is 14.8 Å². The maximum atomic E-state index is 12.6. The number of nitrogens with one attached hydrogen (secondary N) is 1. The van der Waals surface area contributed by atoms with Gasteiger partial charge in [-0.2, -0.15) is 5.10 Å². The number of rotatable bonds is 6. The third-order valence-corrected chi connectivity index (χ3v) is 4.15. The number of ether oxygens (including phenoxy) is 2. The lowest BCUT2D eigenvalue weighted by Gasteiger charge is -2.14. The van der Waals surface area contributed by atoms with E-state index in [-0.39, 0.29) is 16.7 Å². The number of fused-ring (bicyclic) bond motifs is 1. The van der Waals surface area contributed by atoms with Gasteiger partial charge in [-0.1, -0.05) is 18.2 Å².